The van der Waals surface area contributed by atoms with Crippen LogP contribution in [0.3, 0.4) is 0 Å². The number of hydrogen-bond acceptors (Lipinski definition) is 2. The average molecular weight is 170 g/mol. The zero-order chi connectivity index (χ0) is 9.07. The third-order valence-corrected chi connectivity index (χ3v) is 0.757. The van der Waals surface area contributed by atoms with E-state index in [0.717, 1.165) is 6.92 Å². The lowest BCUT2D eigenvalue weighted by Gasteiger charge is -2.04. The molecule has 0 fully saturated rings. The molecule has 0 atom stereocenters. The van der Waals surface area contributed by atoms with Crippen LogP contribution in [0.15, 0.2) is 11.8 Å². The molecule has 1 heterocycles. The fraction of sp³-hybridized carbons (Fsp3) is 0.667. The lowest BCUT2D eigenvalue weighted by Crippen LogP contribution is -2.15. The molecule has 0 spiro atoms. The van der Waals surface area contributed by atoms with Crippen LogP contribution in [-0.2, 0) is 9.47 Å². The summed E-state index contributed by atoms with van der Waals surface area (Å²) in [6.07, 6.45) is -3.81. The van der Waals surface area contributed by atoms with Crippen molar-refractivity contribution in [1.82, 2.24) is 0 Å². The van der Waals surface area contributed by atoms with E-state index in [9.17, 15) is 13.2 Å². The van der Waals surface area contributed by atoms with Gasteiger partial charge in [-0.25, -0.2) is 0 Å². The van der Waals surface area contributed by atoms with E-state index in [1.165, 1.54) is 0 Å². The van der Waals surface area contributed by atoms with Crippen LogP contribution in [0.2, 0.25) is 0 Å². The first-order valence-corrected chi connectivity index (χ1v) is 3.13. The van der Waals surface area contributed by atoms with Crippen LogP contribution in [0.25, 0.3) is 0 Å². The highest BCUT2D eigenvalue weighted by Gasteiger charge is 2.44. The third-order valence-electron chi connectivity index (χ3n) is 0.757. The quantitative estimate of drug-likeness (QED) is 0.556. The van der Waals surface area contributed by atoms with Gasteiger partial charge in [-0.1, -0.05) is 13.8 Å². The van der Waals surface area contributed by atoms with Gasteiger partial charge in [0.1, 0.15) is 0 Å². The van der Waals surface area contributed by atoms with Crippen LogP contribution in [0.5, 0.6) is 0 Å². The van der Waals surface area contributed by atoms with E-state index in [2.05, 4.69) is 9.47 Å². The Morgan fingerprint density at radius 1 is 1.18 bits per heavy atom. The van der Waals surface area contributed by atoms with Crippen molar-refractivity contribution in [2.45, 2.75) is 27.1 Å². The van der Waals surface area contributed by atoms with Crippen molar-refractivity contribution in [3.63, 3.8) is 0 Å². The highest BCUT2D eigenvalue weighted by molar-refractivity contribution is 4.94. The molecule has 0 aliphatic carbocycles. The molecule has 5 heteroatoms. The van der Waals surface area contributed by atoms with Gasteiger partial charge in [0, 0.05) is 6.92 Å². The molecule has 0 saturated carbocycles. The molecule has 0 bridgehead atoms. The van der Waals surface area contributed by atoms with Gasteiger partial charge in [0.2, 0.25) is 0 Å². The topological polar surface area (TPSA) is 18.5 Å². The van der Waals surface area contributed by atoms with Crippen molar-refractivity contribution in [3.8, 4) is 0 Å². The first kappa shape index (κ1) is 10.1. The summed E-state index contributed by atoms with van der Waals surface area (Å²) in [5.74, 6) is -0.528. The summed E-state index contributed by atoms with van der Waals surface area (Å²) >= 11 is 0. The first-order chi connectivity index (χ1) is 5.01. The molecule has 0 amide bonds. The van der Waals surface area contributed by atoms with Crippen LogP contribution in [0.1, 0.15) is 20.8 Å². The Morgan fingerprint density at radius 3 is 1.73 bits per heavy atom. The largest absolute Gasteiger partial charge is 0.587 e. The maximum absolute atomic E-state index is 11.9. The van der Waals surface area contributed by atoms with Crippen LogP contribution in [0, 0.1) is 0 Å². The molecule has 0 saturated heterocycles. The van der Waals surface area contributed by atoms with Gasteiger partial charge in [-0.15, -0.1) is 8.78 Å². The number of alkyl halides is 2. The fourth-order valence-electron chi connectivity index (χ4n) is 0.415. The van der Waals surface area contributed by atoms with E-state index < -0.39 is 18.1 Å². The lowest BCUT2D eigenvalue weighted by atomic mass is 10.6. The van der Waals surface area contributed by atoms with Crippen molar-refractivity contribution >= 4 is 0 Å². The Hall–Kier alpha value is -0.870. The van der Waals surface area contributed by atoms with Crippen molar-refractivity contribution in [3.05, 3.63) is 11.8 Å². The standard InChI is InChI=1S/C4H3F3O2.C2H6/c1-2-3(5)9-4(6,7)8-2;1-2/h1H3;1-2H3. The lowest BCUT2D eigenvalue weighted by molar-refractivity contribution is -0.341. The summed E-state index contributed by atoms with van der Waals surface area (Å²) in [6, 6.07) is -1.36. The number of ether oxygens (including phenoxy) is 2. The molecule has 1 rings (SSSR count). The summed E-state index contributed by atoms with van der Waals surface area (Å²) < 4.78 is 42.2. The minimum Gasteiger partial charge on any atom is -0.397 e. The molecule has 0 N–H and O–H groups in total. The van der Waals surface area contributed by atoms with Gasteiger partial charge in [0.05, 0.1) is 0 Å². The Morgan fingerprint density at radius 2 is 1.64 bits per heavy atom. The fourth-order valence-corrected chi connectivity index (χ4v) is 0.415. The van der Waals surface area contributed by atoms with Gasteiger partial charge in [-0.2, -0.15) is 4.39 Å². The second-order valence-corrected chi connectivity index (χ2v) is 1.50. The van der Waals surface area contributed by atoms with Gasteiger partial charge in [-0.05, 0) is 0 Å². The van der Waals surface area contributed by atoms with Crippen LogP contribution in [0.4, 0.5) is 13.2 Å². The number of allylic oxidation sites excluding steroid dienone is 1. The summed E-state index contributed by atoms with van der Waals surface area (Å²) in [5, 5.41) is 0. The maximum Gasteiger partial charge on any atom is 0.587 e. The molecule has 0 radical (unpaired) electrons. The van der Waals surface area contributed by atoms with E-state index in [0.29, 0.717) is 0 Å². The molecular formula is C6H9F3O2. The number of hydrogen-bond donors (Lipinski definition) is 0. The highest BCUT2D eigenvalue weighted by atomic mass is 19.3. The van der Waals surface area contributed by atoms with Gasteiger partial charge in [-0.3, -0.25) is 0 Å². The molecule has 1 aliphatic rings. The van der Waals surface area contributed by atoms with Crippen molar-refractivity contribution < 1.29 is 22.6 Å². The normalized spacial score (nSPS) is 19.8. The SMILES string of the molecule is CC.CC1=C(F)OC(F)(F)O1. The Kier molecular flexibility index (Phi) is 3.22. The van der Waals surface area contributed by atoms with Crippen molar-refractivity contribution in [1.29, 1.82) is 0 Å². The van der Waals surface area contributed by atoms with E-state index in [4.69, 9.17) is 0 Å². The van der Waals surface area contributed by atoms with Gasteiger partial charge < -0.3 is 9.47 Å². The summed E-state index contributed by atoms with van der Waals surface area (Å²) in [6.45, 7) is 5.05. The molecule has 0 aromatic carbocycles. The van der Waals surface area contributed by atoms with E-state index >= 15 is 0 Å². The Bertz CT molecular complexity index is 149. The van der Waals surface area contributed by atoms with Crippen molar-refractivity contribution in [2.75, 3.05) is 0 Å². The first-order valence-electron chi connectivity index (χ1n) is 3.13. The van der Waals surface area contributed by atoms with E-state index in [1.807, 2.05) is 13.8 Å². The number of rotatable bonds is 0. The molecule has 0 unspecified atom stereocenters. The molecule has 11 heavy (non-hydrogen) atoms. The molecule has 0 aromatic heterocycles. The van der Waals surface area contributed by atoms with Gasteiger partial charge in [0.15, 0.2) is 5.76 Å². The summed E-state index contributed by atoms with van der Waals surface area (Å²) in [4.78, 5) is 0. The molecule has 2 nitrogen and oxygen atoms in total. The van der Waals surface area contributed by atoms with E-state index in [1.54, 1.807) is 0 Å². The predicted molar refractivity (Wildman–Crippen MR) is 32.3 cm³/mol. The summed E-state index contributed by atoms with van der Waals surface area (Å²) in [5.41, 5.74) is 0. The second kappa shape index (κ2) is 3.50. The highest BCUT2D eigenvalue weighted by Crippen LogP contribution is 2.33. The monoisotopic (exact) mass is 170 g/mol. The molecular weight excluding hydrogens is 161 g/mol. The molecule has 66 valence electrons. The predicted octanol–water partition coefficient (Wildman–Crippen LogP) is 2.77. The Balaban J connectivity index is 0.000000461. The molecule has 0 aromatic rings. The smallest absolute Gasteiger partial charge is 0.397 e. The average Bonchev–Trinajstić information content (AvgIpc) is 2.10. The zero-order valence-corrected chi connectivity index (χ0v) is 6.45. The number of halogens is 3. The van der Waals surface area contributed by atoms with Crippen LogP contribution >= 0.6 is 0 Å². The second-order valence-electron chi connectivity index (χ2n) is 1.50. The minimum absolute atomic E-state index is 0.528. The Labute approximate surface area is 62.6 Å². The van der Waals surface area contributed by atoms with Crippen LogP contribution in [-0.4, -0.2) is 6.29 Å². The maximum atomic E-state index is 11.9. The van der Waals surface area contributed by atoms with Crippen molar-refractivity contribution in [2.24, 2.45) is 0 Å². The molecule has 1 aliphatic heterocycles. The zero-order valence-electron chi connectivity index (χ0n) is 6.45. The van der Waals surface area contributed by atoms with E-state index in [-0.39, 0.29) is 0 Å². The van der Waals surface area contributed by atoms with Gasteiger partial charge >= 0.3 is 12.3 Å². The van der Waals surface area contributed by atoms with Crippen LogP contribution < -0.4 is 0 Å². The minimum atomic E-state index is -3.81. The summed E-state index contributed by atoms with van der Waals surface area (Å²) in [7, 11) is 0. The third kappa shape index (κ3) is 2.69. The van der Waals surface area contributed by atoms with Gasteiger partial charge in [0.25, 0.3) is 0 Å².